The van der Waals surface area contributed by atoms with Gasteiger partial charge in [-0.05, 0) is 36.6 Å². The molecule has 0 fully saturated rings. The van der Waals surface area contributed by atoms with Crippen LogP contribution >= 0.6 is 23.4 Å². The second kappa shape index (κ2) is 6.07. The van der Waals surface area contributed by atoms with Crippen molar-refractivity contribution in [2.75, 3.05) is 6.26 Å². The summed E-state index contributed by atoms with van der Waals surface area (Å²) in [6, 6.07) is 11.3. The molecule has 0 amide bonds. The van der Waals surface area contributed by atoms with Crippen LogP contribution in [0.5, 0.6) is 0 Å². The highest BCUT2D eigenvalue weighted by Crippen LogP contribution is 2.31. The molecule has 1 aromatic heterocycles. The Bertz CT molecular complexity index is 1020. The van der Waals surface area contributed by atoms with Crippen LogP contribution < -0.4 is 5.43 Å². The number of benzene rings is 2. The van der Waals surface area contributed by atoms with Gasteiger partial charge in [-0.1, -0.05) is 11.6 Å². The van der Waals surface area contributed by atoms with Gasteiger partial charge in [-0.3, -0.25) is 4.79 Å². The van der Waals surface area contributed by atoms with E-state index in [4.69, 9.17) is 16.9 Å². The van der Waals surface area contributed by atoms with Crippen LogP contribution in [0.25, 0.3) is 22.2 Å². The Morgan fingerprint density at radius 2 is 2.04 bits per heavy atom. The predicted molar refractivity (Wildman–Crippen MR) is 91.5 cm³/mol. The molecular weight excluding hydrogens is 335 g/mol. The van der Waals surface area contributed by atoms with E-state index in [1.807, 2.05) is 12.3 Å². The second-order valence-corrected chi connectivity index (χ2v) is 6.17. The number of pyridine rings is 1. The lowest BCUT2D eigenvalue weighted by Crippen LogP contribution is -2.05. The van der Waals surface area contributed by atoms with E-state index in [0.29, 0.717) is 16.8 Å². The lowest BCUT2D eigenvalue weighted by molar-refractivity contribution is 0.639. The molecule has 2 aromatic carbocycles. The van der Waals surface area contributed by atoms with Crippen molar-refractivity contribution in [3.63, 3.8) is 0 Å². The summed E-state index contributed by atoms with van der Waals surface area (Å²) in [6.07, 6.45) is 1.90. The minimum atomic E-state index is -0.656. The highest BCUT2D eigenvalue weighted by molar-refractivity contribution is 7.98. The lowest BCUT2D eigenvalue weighted by atomic mass is 10.1. The van der Waals surface area contributed by atoms with Gasteiger partial charge in [-0.25, -0.2) is 4.39 Å². The fraction of sp³-hybridized carbons (Fsp3) is 0.0588. The number of H-pyrrole nitrogens is 1. The van der Waals surface area contributed by atoms with E-state index in [1.54, 1.807) is 12.1 Å². The number of aromatic nitrogens is 1. The molecule has 0 atom stereocenters. The summed E-state index contributed by atoms with van der Waals surface area (Å²) in [5.41, 5.74) is 1.61. The van der Waals surface area contributed by atoms with Crippen molar-refractivity contribution in [3.8, 4) is 17.3 Å². The van der Waals surface area contributed by atoms with Crippen LogP contribution in [-0.2, 0) is 0 Å². The van der Waals surface area contributed by atoms with Gasteiger partial charge in [0.2, 0.25) is 0 Å². The summed E-state index contributed by atoms with van der Waals surface area (Å²) in [4.78, 5) is 16.2. The molecule has 0 saturated heterocycles. The molecule has 6 heteroatoms. The molecule has 0 bridgehead atoms. The maximum absolute atomic E-state index is 14.0. The smallest absolute Gasteiger partial charge is 0.192 e. The molecular formula is C17H10ClFN2OS. The molecule has 3 rings (SSSR count). The zero-order valence-electron chi connectivity index (χ0n) is 12.0. The first-order valence-corrected chi connectivity index (χ1v) is 8.24. The Labute approximate surface area is 140 Å². The van der Waals surface area contributed by atoms with Crippen LogP contribution in [0.4, 0.5) is 4.39 Å². The maximum atomic E-state index is 14.0. The molecule has 0 radical (unpaired) electrons. The van der Waals surface area contributed by atoms with Crippen LogP contribution in [-0.4, -0.2) is 11.2 Å². The fourth-order valence-electron chi connectivity index (χ4n) is 2.44. The van der Waals surface area contributed by atoms with Crippen molar-refractivity contribution in [1.82, 2.24) is 4.98 Å². The van der Waals surface area contributed by atoms with E-state index in [1.165, 1.54) is 23.9 Å². The van der Waals surface area contributed by atoms with Gasteiger partial charge < -0.3 is 4.98 Å². The lowest BCUT2D eigenvalue weighted by Gasteiger charge is -2.10. The molecule has 0 aliphatic rings. The SMILES string of the molecule is CSc1ccc(C#N)cc1-c1cc(=O)c2c(F)cc(Cl)cc2[nH]1. The zero-order valence-corrected chi connectivity index (χ0v) is 13.6. The first-order valence-electron chi connectivity index (χ1n) is 6.64. The molecule has 3 aromatic rings. The van der Waals surface area contributed by atoms with Crippen molar-refractivity contribution in [1.29, 1.82) is 5.26 Å². The van der Waals surface area contributed by atoms with Gasteiger partial charge >= 0.3 is 0 Å². The van der Waals surface area contributed by atoms with Crippen molar-refractivity contribution in [2.24, 2.45) is 0 Å². The Morgan fingerprint density at radius 1 is 1.26 bits per heavy atom. The van der Waals surface area contributed by atoms with E-state index in [2.05, 4.69) is 11.1 Å². The van der Waals surface area contributed by atoms with E-state index < -0.39 is 11.2 Å². The van der Waals surface area contributed by atoms with E-state index in [-0.39, 0.29) is 10.4 Å². The highest BCUT2D eigenvalue weighted by atomic mass is 35.5. The first-order chi connectivity index (χ1) is 11.0. The van der Waals surface area contributed by atoms with Crippen molar-refractivity contribution >= 4 is 34.3 Å². The predicted octanol–water partition coefficient (Wildman–Crippen LogP) is 4.58. The Balaban J connectivity index is 2.34. The van der Waals surface area contributed by atoms with Gasteiger partial charge in [-0.2, -0.15) is 5.26 Å². The molecule has 0 unspecified atom stereocenters. The normalized spacial score (nSPS) is 10.7. The minimum absolute atomic E-state index is 0.0275. The third kappa shape index (κ3) is 2.83. The standard InChI is InChI=1S/C17H10ClFN2OS/c1-23-16-3-2-9(8-20)4-11(16)13-7-15(22)17-12(19)5-10(18)6-14(17)21-13/h2-7H,1H3,(H,21,22). The third-order valence-electron chi connectivity index (χ3n) is 3.46. The van der Waals surface area contributed by atoms with Gasteiger partial charge in [0.1, 0.15) is 5.82 Å². The number of hydrogen-bond acceptors (Lipinski definition) is 3. The van der Waals surface area contributed by atoms with Crippen LogP contribution in [0.15, 0.2) is 46.1 Å². The molecule has 0 aliphatic heterocycles. The monoisotopic (exact) mass is 344 g/mol. The second-order valence-electron chi connectivity index (χ2n) is 4.88. The number of nitrogens with one attached hydrogen (secondary N) is 1. The van der Waals surface area contributed by atoms with Gasteiger partial charge in [-0.15, -0.1) is 11.8 Å². The molecule has 0 spiro atoms. The van der Waals surface area contributed by atoms with Crippen molar-refractivity contribution in [3.05, 3.63) is 63.0 Å². The maximum Gasteiger partial charge on any atom is 0.192 e. The van der Waals surface area contributed by atoms with Gasteiger partial charge in [0.05, 0.1) is 28.2 Å². The number of hydrogen-bond donors (Lipinski definition) is 1. The molecule has 23 heavy (non-hydrogen) atoms. The largest absolute Gasteiger partial charge is 0.354 e. The summed E-state index contributed by atoms with van der Waals surface area (Å²) >= 11 is 7.37. The summed E-state index contributed by atoms with van der Waals surface area (Å²) < 4.78 is 14.0. The molecule has 1 heterocycles. The summed E-state index contributed by atoms with van der Waals surface area (Å²) in [7, 11) is 0. The highest BCUT2D eigenvalue weighted by Gasteiger charge is 2.12. The molecule has 0 saturated carbocycles. The molecule has 1 N–H and O–H groups in total. The third-order valence-corrected chi connectivity index (χ3v) is 4.48. The minimum Gasteiger partial charge on any atom is -0.354 e. The summed E-state index contributed by atoms with van der Waals surface area (Å²) in [5.74, 6) is -0.656. The molecule has 0 aliphatic carbocycles. The average Bonchev–Trinajstić information content (AvgIpc) is 2.53. The van der Waals surface area contributed by atoms with Crippen LogP contribution in [0.1, 0.15) is 5.56 Å². The Kier molecular flexibility index (Phi) is 4.12. The first kappa shape index (κ1) is 15.6. The van der Waals surface area contributed by atoms with Crippen LogP contribution in [0.3, 0.4) is 0 Å². The van der Waals surface area contributed by atoms with Crippen molar-refractivity contribution < 1.29 is 4.39 Å². The number of halogens is 2. The topological polar surface area (TPSA) is 56.6 Å². The van der Waals surface area contributed by atoms with Crippen LogP contribution in [0.2, 0.25) is 5.02 Å². The average molecular weight is 345 g/mol. The fourth-order valence-corrected chi connectivity index (χ4v) is 3.24. The van der Waals surface area contributed by atoms with Gasteiger partial charge in [0.25, 0.3) is 0 Å². The van der Waals surface area contributed by atoms with Crippen LogP contribution in [0, 0.1) is 17.1 Å². The Hall–Kier alpha value is -2.29. The quantitative estimate of drug-likeness (QED) is 0.692. The number of nitrogens with zero attached hydrogens (tertiary/aromatic N) is 1. The molecule has 114 valence electrons. The van der Waals surface area contributed by atoms with E-state index in [9.17, 15) is 9.18 Å². The number of aromatic amines is 1. The number of rotatable bonds is 2. The van der Waals surface area contributed by atoms with Gasteiger partial charge in [0, 0.05) is 21.5 Å². The number of thioether (sulfide) groups is 1. The summed E-state index contributed by atoms with van der Waals surface area (Å²) in [6.45, 7) is 0. The van der Waals surface area contributed by atoms with Gasteiger partial charge in [0.15, 0.2) is 5.43 Å². The summed E-state index contributed by atoms with van der Waals surface area (Å²) in [5, 5.41) is 9.26. The van der Waals surface area contributed by atoms with E-state index >= 15 is 0 Å². The van der Waals surface area contributed by atoms with Crippen molar-refractivity contribution in [2.45, 2.75) is 4.90 Å². The number of fused-ring (bicyclic) bond motifs is 1. The van der Waals surface area contributed by atoms with E-state index in [0.717, 1.165) is 16.5 Å². The zero-order chi connectivity index (χ0) is 16.6. The molecule has 3 nitrogen and oxygen atoms in total. The Morgan fingerprint density at radius 3 is 2.74 bits per heavy atom. The number of nitriles is 1.